The minimum Gasteiger partial charge on any atom is -0.342 e. The van der Waals surface area contributed by atoms with E-state index in [1.807, 2.05) is 0 Å². The molecule has 0 spiro atoms. The molecular formula is C16H19F3N4O. The molecule has 0 bridgehead atoms. The van der Waals surface area contributed by atoms with Gasteiger partial charge in [0, 0.05) is 38.4 Å². The third-order valence-electron chi connectivity index (χ3n) is 4.24. The second kappa shape index (κ2) is 6.08. The fraction of sp³-hybridized carbons (Fsp3) is 0.500. The van der Waals surface area contributed by atoms with Gasteiger partial charge in [0.1, 0.15) is 11.3 Å². The van der Waals surface area contributed by atoms with E-state index < -0.39 is 11.7 Å². The molecule has 8 heteroatoms. The summed E-state index contributed by atoms with van der Waals surface area (Å²) in [5, 5.41) is 0. The molecule has 2 heterocycles. The average molecular weight is 340 g/mol. The van der Waals surface area contributed by atoms with Gasteiger partial charge in [-0.3, -0.25) is 4.79 Å². The van der Waals surface area contributed by atoms with Crippen molar-refractivity contribution in [1.29, 1.82) is 0 Å². The van der Waals surface area contributed by atoms with Crippen LogP contribution in [0.15, 0.2) is 12.1 Å². The van der Waals surface area contributed by atoms with E-state index in [2.05, 4.69) is 9.97 Å². The zero-order valence-electron chi connectivity index (χ0n) is 13.3. The molecule has 130 valence electrons. The molecule has 24 heavy (non-hydrogen) atoms. The molecule has 3 N–H and O–H groups in total. The maximum Gasteiger partial charge on any atom is 0.418 e. The predicted molar refractivity (Wildman–Crippen MR) is 83.3 cm³/mol. The SMILES string of the molecule is Cc1cc(C(F)(F)F)c2nc(CC3CN(C(=O)CCN)C3)[nH]c2c1. The molecule has 1 saturated heterocycles. The van der Waals surface area contributed by atoms with Crippen molar-refractivity contribution < 1.29 is 18.0 Å². The maximum absolute atomic E-state index is 13.2. The number of imidazole rings is 1. The number of rotatable bonds is 4. The highest BCUT2D eigenvalue weighted by Crippen LogP contribution is 2.35. The molecule has 0 saturated carbocycles. The monoisotopic (exact) mass is 340 g/mol. The molecule has 1 aliphatic rings. The Kier molecular flexibility index (Phi) is 4.25. The van der Waals surface area contributed by atoms with E-state index in [-0.39, 0.29) is 17.3 Å². The van der Waals surface area contributed by atoms with Crippen molar-refractivity contribution in [3.05, 3.63) is 29.1 Å². The Morgan fingerprint density at radius 2 is 2.12 bits per heavy atom. The smallest absolute Gasteiger partial charge is 0.342 e. The average Bonchev–Trinajstić information content (AvgIpc) is 2.82. The van der Waals surface area contributed by atoms with Crippen LogP contribution in [-0.4, -0.2) is 40.4 Å². The summed E-state index contributed by atoms with van der Waals surface area (Å²) < 4.78 is 39.5. The topological polar surface area (TPSA) is 75.0 Å². The van der Waals surface area contributed by atoms with E-state index >= 15 is 0 Å². The summed E-state index contributed by atoms with van der Waals surface area (Å²) in [4.78, 5) is 20.5. The quantitative estimate of drug-likeness (QED) is 0.896. The van der Waals surface area contributed by atoms with Crippen LogP contribution in [0.25, 0.3) is 11.0 Å². The minimum atomic E-state index is -4.43. The molecule has 0 radical (unpaired) electrons. The van der Waals surface area contributed by atoms with Gasteiger partial charge in [-0.15, -0.1) is 0 Å². The van der Waals surface area contributed by atoms with Crippen LogP contribution < -0.4 is 5.73 Å². The maximum atomic E-state index is 13.2. The van der Waals surface area contributed by atoms with Crippen molar-refractivity contribution in [1.82, 2.24) is 14.9 Å². The minimum absolute atomic E-state index is 0.0216. The number of halogens is 3. The summed E-state index contributed by atoms with van der Waals surface area (Å²) >= 11 is 0. The lowest BCUT2D eigenvalue weighted by atomic mass is 9.95. The molecule has 2 aromatic rings. The molecular weight excluding hydrogens is 321 g/mol. The Hall–Kier alpha value is -2.09. The van der Waals surface area contributed by atoms with Gasteiger partial charge < -0.3 is 15.6 Å². The van der Waals surface area contributed by atoms with Crippen LogP contribution in [0.3, 0.4) is 0 Å². The Labute approximate surface area is 137 Å². The number of H-pyrrole nitrogens is 1. The van der Waals surface area contributed by atoms with Crippen LogP contribution >= 0.6 is 0 Å². The highest BCUT2D eigenvalue weighted by atomic mass is 19.4. The van der Waals surface area contributed by atoms with Crippen LogP contribution in [0.1, 0.15) is 23.4 Å². The number of nitrogens with zero attached hydrogens (tertiary/aromatic N) is 2. The summed E-state index contributed by atoms with van der Waals surface area (Å²) in [6.07, 6.45) is -3.58. The van der Waals surface area contributed by atoms with Gasteiger partial charge in [-0.1, -0.05) is 0 Å². The van der Waals surface area contributed by atoms with Gasteiger partial charge >= 0.3 is 6.18 Å². The lowest BCUT2D eigenvalue weighted by Crippen LogP contribution is -2.51. The first kappa shape index (κ1) is 16.8. The first-order valence-electron chi connectivity index (χ1n) is 7.82. The summed E-state index contributed by atoms with van der Waals surface area (Å²) in [7, 11) is 0. The van der Waals surface area contributed by atoms with Gasteiger partial charge in [0.05, 0.1) is 11.1 Å². The number of fused-ring (bicyclic) bond motifs is 1. The summed E-state index contributed by atoms with van der Waals surface area (Å²) in [5.41, 5.74) is 5.53. The van der Waals surface area contributed by atoms with Crippen LogP contribution in [0.5, 0.6) is 0 Å². The molecule has 1 amide bonds. The number of carbonyl (C=O) groups excluding carboxylic acids is 1. The molecule has 1 aromatic carbocycles. The van der Waals surface area contributed by atoms with Gasteiger partial charge in [0.15, 0.2) is 0 Å². The zero-order valence-corrected chi connectivity index (χ0v) is 13.3. The first-order chi connectivity index (χ1) is 11.3. The standard InChI is InChI=1S/C16H19F3N4O/c1-9-4-11(16(17,18)19)15-12(5-9)21-13(22-15)6-10-7-23(8-10)14(24)2-3-20/h4-5,10H,2-3,6-8,20H2,1H3,(H,21,22). The fourth-order valence-electron chi connectivity index (χ4n) is 3.08. The first-order valence-corrected chi connectivity index (χ1v) is 7.82. The van der Waals surface area contributed by atoms with Crippen LogP contribution in [-0.2, 0) is 17.4 Å². The second-order valence-corrected chi connectivity index (χ2v) is 6.30. The highest BCUT2D eigenvalue weighted by Gasteiger charge is 2.35. The van der Waals surface area contributed by atoms with Crippen LogP contribution in [0.2, 0.25) is 0 Å². The second-order valence-electron chi connectivity index (χ2n) is 6.30. The third-order valence-corrected chi connectivity index (χ3v) is 4.24. The number of aromatic nitrogens is 2. The van der Waals surface area contributed by atoms with Crippen molar-refractivity contribution in [2.75, 3.05) is 19.6 Å². The number of aromatic amines is 1. The van der Waals surface area contributed by atoms with Crippen LogP contribution in [0.4, 0.5) is 13.2 Å². The lowest BCUT2D eigenvalue weighted by Gasteiger charge is -2.39. The number of nitrogens with one attached hydrogen (secondary N) is 1. The number of nitrogens with two attached hydrogens (primary N) is 1. The van der Waals surface area contributed by atoms with Gasteiger partial charge in [-0.2, -0.15) is 13.2 Å². The molecule has 0 aliphatic carbocycles. The van der Waals surface area contributed by atoms with Gasteiger partial charge in [0.2, 0.25) is 5.91 Å². The number of hydrogen-bond acceptors (Lipinski definition) is 3. The highest BCUT2D eigenvalue weighted by molar-refractivity contribution is 5.80. The Morgan fingerprint density at radius 3 is 2.75 bits per heavy atom. The molecule has 3 rings (SSSR count). The number of aryl methyl sites for hydroxylation is 1. The van der Waals surface area contributed by atoms with Gasteiger partial charge in [0.25, 0.3) is 0 Å². The van der Waals surface area contributed by atoms with E-state index in [4.69, 9.17) is 5.73 Å². The number of carbonyl (C=O) groups is 1. The largest absolute Gasteiger partial charge is 0.418 e. The van der Waals surface area contributed by atoms with Crippen molar-refractivity contribution >= 4 is 16.9 Å². The fourth-order valence-corrected chi connectivity index (χ4v) is 3.08. The number of amides is 1. The predicted octanol–water partition coefficient (Wildman–Crippen LogP) is 2.24. The molecule has 0 unspecified atom stereocenters. The number of hydrogen-bond donors (Lipinski definition) is 2. The van der Waals surface area contributed by atoms with Crippen molar-refractivity contribution in [2.24, 2.45) is 11.7 Å². The Balaban J connectivity index is 1.75. The van der Waals surface area contributed by atoms with Crippen molar-refractivity contribution in [3.63, 3.8) is 0 Å². The van der Waals surface area contributed by atoms with Gasteiger partial charge in [-0.05, 0) is 24.6 Å². The molecule has 1 fully saturated rings. The Bertz CT molecular complexity index is 763. The van der Waals surface area contributed by atoms with E-state index in [1.54, 1.807) is 17.9 Å². The number of likely N-dealkylation sites (tertiary alicyclic amines) is 1. The summed E-state index contributed by atoms with van der Waals surface area (Å²) in [6, 6.07) is 2.78. The summed E-state index contributed by atoms with van der Waals surface area (Å²) in [5.74, 6) is 0.757. The third kappa shape index (κ3) is 3.24. The zero-order chi connectivity index (χ0) is 17.5. The summed E-state index contributed by atoms with van der Waals surface area (Å²) in [6.45, 7) is 3.15. The van der Waals surface area contributed by atoms with Crippen molar-refractivity contribution in [2.45, 2.75) is 25.9 Å². The Morgan fingerprint density at radius 1 is 1.42 bits per heavy atom. The van der Waals surface area contributed by atoms with Crippen LogP contribution in [0, 0.1) is 12.8 Å². The van der Waals surface area contributed by atoms with E-state index in [0.29, 0.717) is 49.4 Å². The molecule has 0 atom stereocenters. The van der Waals surface area contributed by atoms with Crippen molar-refractivity contribution in [3.8, 4) is 0 Å². The normalized spacial score (nSPS) is 15.8. The molecule has 1 aromatic heterocycles. The molecule has 5 nitrogen and oxygen atoms in total. The molecule has 1 aliphatic heterocycles. The number of benzene rings is 1. The van der Waals surface area contributed by atoms with E-state index in [9.17, 15) is 18.0 Å². The van der Waals surface area contributed by atoms with Gasteiger partial charge in [-0.25, -0.2) is 4.98 Å². The van der Waals surface area contributed by atoms with E-state index in [0.717, 1.165) is 6.07 Å². The lowest BCUT2D eigenvalue weighted by molar-refractivity contribution is -0.137. The number of alkyl halides is 3. The van der Waals surface area contributed by atoms with E-state index in [1.165, 1.54) is 0 Å².